The van der Waals surface area contributed by atoms with E-state index in [1.807, 2.05) is 0 Å². The van der Waals surface area contributed by atoms with Gasteiger partial charge in [-0.2, -0.15) is 0 Å². The molecule has 0 aromatic carbocycles. The summed E-state index contributed by atoms with van der Waals surface area (Å²) < 4.78 is 17.0. The summed E-state index contributed by atoms with van der Waals surface area (Å²) in [6.45, 7) is 6.72. The molecule has 0 bridgehead atoms. The number of esters is 3. The highest BCUT2D eigenvalue weighted by Crippen LogP contribution is 2.19. The van der Waals surface area contributed by atoms with Gasteiger partial charge in [0.2, 0.25) is 0 Å². The monoisotopic (exact) mass is 1150 g/mol. The highest BCUT2D eigenvalue weighted by atomic mass is 16.6. The van der Waals surface area contributed by atoms with Gasteiger partial charge in [-0.3, -0.25) is 14.4 Å². The molecule has 0 aliphatic rings. The van der Waals surface area contributed by atoms with Crippen molar-refractivity contribution >= 4 is 17.9 Å². The second kappa shape index (κ2) is 71.4. The Labute approximate surface area is 513 Å². The first-order valence-electron chi connectivity index (χ1n) is 37.3. The normalized spacial score (nSPS) is 12.1. The van der Waals surface area contributed by atoms with Crippen molar-refractivity contribution in [3.63, 3.8) is 0 Å². The third-order valence-corrected chi connectivity index (χ3v) is 17.2. The lowest BCUT2D eigenvalue weighted by molar-refractivity contribution is -0.167. The van der Waals surface area contributed by atoms with Crippen molar-refractivity contribution in [1.29, 1.82) is 0 Å². The molecule has 0 aliphatic heterocycles. The lowest BCUT2D eigenvalue weighted by atomic mass is 10.0. The van der Waals surface area contributed by atoms with Crippen LogP contribution in [0.15, 0.2) is 24.3 Å². The van der Waals surface area contributed by atoms with E-state index in [1.54, 1.807) is 0 Å². The summed E-state index contributed by atoms with van der Waals surface area (Å²) >= 11 is 0. The van der Waals surface area contributed by atoms with E-state index in [0.717, 1.165) is 64.2 Å². The zero-order chi connectivity index (χ0) is 59.2. The minimum atomic E-state index is -0.770. The zero-order valence-corrected chi connectivity index (χ0v) is 55.8. The minimum absolute atomic E-state index is 0.0649. The van der Waals surface area contributed by atoms with E-state index in [-0.39, 0.29) is 31.1 Å². The van der Waals surface area contributed by atoms with E-state index in [0.29, 0.717) is 19.3 Å². The number of carbonyl (C=O) groups excluding carboxylic acids is 3. The molecule has 1 unspecified atom stereocenters. The second-order valence-corrected chi connectivity index (χ2v) is 25.6. The van der Waals surface area contributed by atoms with Crippen molar-refractivity contribution in [3.05, 3.63) is 24.3 Å². The predicted octanol–water partition coefficient (Wildman–Crippen LogP) is 25.7. The van der Waals surface area contributed by atoms with E-state index in [1.165, 1.54) is 321 Å². The molecule has 1 atom stereocenters. The molecule has 6 heteroatoms. The molecule has 0 fully saturated rings. The molecular formula is C76H144O6. The van der Waals surface area contributed by atoms with Crippen LogP contribution in [0, 0.1) is 0 Å². The van der Waals surface area contributed by atoms with Gasteiger partial charge in [0.05, 0.1) is 0 Å². The first-order chi connectivity index (χ1) is 40.5. The first-order valence-corrected chi connectivity index (χ1v) is 37.3. The van der Waals surface area contributed by atoms with E-state index in [4.69, 9.17) is 14.2 Å². The second-order valence-electron chi connectivity index (χ2n) is 25.6. The quantitative estimate of drug-likeness (QED) is 0.0261. The van der Waals surface area contributed by atoms with Crippen LogP contribution in [0.4, 0.5) is 0 Å². The van der Waals surface area contributed by atoms with Crippen molar-refractivity contribution in [2.45, 2.75) is 431 Å². The molecule has 0 rings (SSSR count). The number of unbranched alkanes of at least 4 members (excludes halogenated alkanes) is 55. The molecule has 0 spiro atoms. The average molecular weight is 1150 g/mol. The van der Waals surface area contributed by atoms with E-state index < -0.39 is 6.10 Å². The van der Waals surface area contributed by atoms with Crippen LogP contribution in [0.3, 0.4) is 0 Å². The summed E-state index contributed by atoms with van der Waals surface area (Å²) in [5.41, 5.74) is 0. The molecule has 0 aromatic rings. The number of carbonyl (C=O) groups is 3. The largest absolute Gasteiger partial charge is 0.462 e. The fraction of sp³-hybridized carbons (Fsp3) is 0.908. The van der Waals surface area contributed by atoms with Crippen LogP contribution in [0.1, 0.15) is 425 Å². The van der Waals surface area contributed by atoms with Crippen molar-refractivity contribution in [2.75, 3.05) is 13.2 Å². The molecule has 0 aliphatic carbocycles. The van der Waals surface area contributed by atoms with Crippen LogP contribution in [0.5, 0.6) is 0 Å². The molecule has 0 amide bonds. The molecule has 0 aromatic heterocycles. The average Bonchev–Trinajstić information content (AvgIpc) is 3.47. The SMILES string of the molecule is CCCCCCC/C=C\C/C=C\CCCCCCCCCCCCCC(=O)OC(COC(=O)CCCCCCCCCCCCCCCCC)COC(=O)CCCCCCCCCCCCCCCCCCCCCCCCCCCC. The van der Waals surface area contributed by atoms with Crippen LogP contribution in [-0.4, -0.2) is 37.2 Å². The maximum Gasteiger partial charge on any atom is 0.306 e. The number of hydrogen-bond acceptors (Lipinski definition) is 6. The van der Waals surface area contributed by atoms with Crippen molar-refractivity contribution in [3.8, 4) is 0 Å². The van der Waals surface area contributed by atoms with E-state index in [9.17, 15) is 14.4 Å². The summed E-state index contributed by atoms with van der Waals surface area (Å²) in [7, 11) is 0. The number of hydrogen-bond donors (Lipinski definition) is 0. The number of allylic oxidation sites excluding steroid dienone is 4. The Balaban J connectivity index is 4.23. The van der Waals surface area contributed by atoms with E-state index in [2.05, 4.69) is 45.1 Å². The molecular weight excluding hydrogens is 1010 g/mol. The Morgan fingerprint density at radius 1 is 0.244 bits per heavy atom. The Morgan fingerprint density at radius 2 is 0.439 bits per heavy atom. The van der Waals surface area contributed by atoms with Crippen molar-refractivity contribution < 1.29 is 28.6 Å². The highest BCUT2D eigenvalue weighted by molar-refractivity contribution is 5.71. The lowest BCUT2D eigenvalue weighted by Gasteiger charge is -2.18. The van der Waals surface area contributed by atoms with Gasteiger partial charge in [0, 0.05) is 19.3 Å². The Hall–Kier alpha value is -2.11. The Morgan fingerprint density at radius 3 is 0.671 bits per heavy atom. The molecule has 0 radical (unpaired) electrons. The fourth-order valence-corrected chi connectivity index (χ4v) is 11.6. The summed E-state index contributed by atoms with van der Waals surface area (Å²) in [5.74, 6) is -0.830. The molecule has 484 valence electrons. The zero-order valence-electron chi connectivity index (χ0n) is 55.8. The van der Waals surface area contributed by atoms with Gasteiger partial charge in [-0.25, -0.2) is 0 Å². The number of ether oxygens (including phenoxy) is 3. The topological polar surface area (TPSA) is 78.9 Å². The maximum atomic E-state index is 13.0. The van der Waals surface area contributed by atoms with Gasteiger partial charge < -0.3 is 14.2 Å². The van der Waals surface area contributed by atoms with Gasteiger partial charge in [-0.1, -0.05) is 379 Å². The van der Waals surface area contributed by atoms with E-state index >= 15 is 0 Å². The van der Waals surface area contributed by atoms with Gasteiger partial charge in [-0.05, 0) is 51.4 Å². The first kappa shape index (κ1) is 79.9. The van der Waals surface area contributed by atoms with Crippen LogP contribution >= 0.6 is 0 Å². The maximum absolute atomic E-state index is 13.0. The van der Waals surface area contributed by atoms with Crippen LogP contribution in [-0.2, 0) is 28.6 Å². The van der Waals surface area contributed by atoms with Gasteiger partial charge in [-0.15, -0.1) is 0 Å². The Kier molecular flexibility index (Phi) is 69.5. The summed E-state index contributed by atoms with van der Waals surface area (Å²) in [5, 5.41) is 0. The summed E-state index contributed by atoms with van der Waals surface area (Å²) in [4.78, 5) is 38.5. The summed E-state index contributed by atoms with van der Waals surface area (Å²) in [6.07, 6.45) is 87.9. The molecule has 0 saturated heterocycles. The molecule has 0 N–H and O–H groups in total. The van der Waals surface area contributed by atoms with Gasteiger partial charge in [0.25, 0.3) is 0 Å². The summed E-state index contributed by atoms with van der Waals surface area (Å²) in [6, 6.07) is 0. The smallest absolute Gasteiger partial charge is 0.306 e. The standard InChI is InChI=1S/C76H144O6/c1-4-7-10-13-16-19-22-25-28-30-32-34-36-37-38-40-41-43-45-48-51-54-57-60-63-66-69-75(78)81-72-73(71-80-74(77)68-65-62-59-56-53-50-47-27-24-21-18-15-12-9-6-3)82-76(79)70-67-64-61-58-55-52-49-46-44-42-39-35-33-31-29-26-23-20-17-14-11-8-5-2/h23,26,31,33,73H,4-22,24-25,27-30,32,34-72H2,1-3H3/b26-23-,33-31-. The van der Waals surface area contributed by atoms with Crippen molar-refractivity contribution in [2.24, 2.45) is 0 Å². The van der Waals surface area contributed by atoms with Crippen molar-refractivity contribution in [1.82, 2.24) is 0 Å². The predicted molar refractivity (Wildman–Crippen MR) is 358 cm³/mol. The third kappa shape index (κ3) is 68.7. The lowest BCUT2D eigenvalue weighted by Crippen LogP contribution is -2.30. The third-order valence-electron chi connectivity index (χ3n) is 17.2. The van der Waals surface area contributed by atoms with Crippen LogP contribution < -0.4 is 0 Å². The molecule has 0 saturated carbocycles. The van der Waals surface area contributed by atoms with Crippen LogP contribution in [0.25, 0.3) is 0 Å². The molecule has 0 heterocycles. The Bertz CT molecular complexity index is 1320. The van der Waals surface area contributed by atoms with Gasteiger partial charge in [0.1, 0.15) is 13.2 Å². The minimum Gasteiger partial charge on any atom is -0.462 e. The molecule has 82 heavy (non-hydrogen) atoms. The van der Waals surface area contributed by atoms with Crippen LogP contribution in [0.2, 0.25) is 0 Å². The van der Waals surface area contributed by atoms with Gasteiger partial charge >= 0.3 is 17.9 Å². The van der Waals surface area contributed by atoms with Gasteiger partial charge in [0.15, 0.2) is 6.10 Å². The fourth-order valence-electron chi connectivity index (χ4n) is 11.6. The number of rotatable bonds is 70. The molecule has 6 nitrogen and oxygen atoms in total. The highest BCUT2D eigenvalue weighted by Gasteiger charge is 2.20.